The van der Waals surface area contributed by atoms with E-state index >= 15 is 0 Å². The Bertz CT molecular complexity index is 660. The van der Waals surface area contributed by atoms with Gasteiger partial charge in [-0.05, 0) is 45.4 Å². The molecule has 0 bridgehead atoms. The predicted octanol–water partition coefficient (Wildman–Crippen LogP) is 1.48. The van der Waals surface area contributed by atoms with E-state index in [-0.39, 0.29) is 16.9 Å². The molecule has 0 aromatic heterocycles. The van der Waals surface area contributed by atoms with Crippen molar-refractivity contribution in [2.75, 3.05) is 40.8 Å². The van der Waals surface area contributed by atoms with Crippen LogP contribution in [0.1, 0.15) is 5.56 Å². The number of halogens is 3. The van der Waals surface area contributed by atoms with Gasteiger partial charge < -0.3 is 9.80 Å². The molecule has 1 N–H and O–H groups in total. The number of hydrogen-bond acceptors (Lipinski definition) is 4. The van der Waals surface area contributed by atoms with E-state index in [1.165, 1.54) is 0 Å². The summed E-state index contributed by atoms with van der Waals surface area (Å²) in [5, 5.41) is 0. The second-order valence-corrected chi connectivity index (χ2v) is 8.21. The maximum atomic E-state index is 12.6. The van der Waals surface area contributed by atoms with Gasteiger partial charge in [0.1, 0.15) is 0 Å². The molecule has 136 valence electrons. The highest BCUT2D eigenvalue weighted by molar-refractivity contribution is 7.89. The van der Waals surface area contributed by atoms with Crippen LogP contribution in [0, 0.1) is 5.92 Å². The lowest BCUT2D eigenvalue weighted by Crippen LogP contribution is -2.43. The van der Waals surface area contributed by atoms with Crippen molar-refractivity contribution in [2.45, 2.75) is 17.1 Å². The zero-order chi connectivity index (χ0) is 18.1. The smallest absolute Gasteiger partial charge is 0.309 e. The van der Waals surface area contributed by atoms with Crippen molar-refractivity contribution in [3.8, 4) is 0 Å². The highest BCUT2D eigenvalue weighted by atomic mass is 32.2. The van der Waals surface area contributed by atoms with Gasteiger partial charge >= 0.3 is 6.18 Å². The summed E-state index contributed by atoms with van der Waals surface area (Å²) >= 11 is 0. The first-order valence-electron chi connectivity index (χ1n) is 7.52. The molecule has 1 saturated heterocycles. The number of nitrogens with zero attached hydrogens (tertiary/aromatic N) is 2. The monoisotopic (exact) mass is 365 g/mol. The largest absolute Gasteiger partial charge is 0.416 e. The van der Waals surface area contributed by atoms with Crippen molar-refractivity contribution in [1.29, 1.82) is 0 Å². The van der Waals surface area contributed by atoms with Gasteiger partial charge in [-0.15, -0.1) is 0 Å². The molecule has 2 rings (SSSR count). The lowest BCUT2D eigenvalue weighted by atomic mass is 10.0. The fraction of sp³-hybridized carbons (Fsp3) is 0.600. The molecule has 0 aliphatic carbocycles. The third-order valence-corrected chi connectivity index (χ3v) is 5.53. The van der Waals surface area contributed by atoms with E-state index in [4.69, 9.17) is 0 Å². The molecule has 24 heavy (non-hydrogen) atoms. The molecule has 0 unspecified atom stereocenters. The summed E-state index contributed by atoms with van der Waals surface area (Å²) in [5.74, 6) is 0.120. The molecule has 1 aromatic rings. The average molecular weight is 365 g/mol. The molecule has 0 radical (unpaired) electrons. The average Bonchev–Trinajstić information content (AvgIpc) is 2.76. The molecule has 0 amide bonds. The van der Waals surface area contributed by atoms with Crippen LogP contribution in [0.5, 0.6) is 0 Å². The fourth-order valence-electron chi connectivity index (χ4n) is 2.96. The first kappa shape index (κ1) is 19.2. The van der Waals surface area contributed by atoms with Crippen molar-refractivity contribution >= 4 is 10.0 Å². The van der Waals surface area contributed by atoms with Crippen LogP contribution in [0.4, 0.5) is 13.2 Å². The summed E-state index contributed by atoms with van der Waals surface area (Å²) in [7, 11) is 1.88. The molecule has 1 aromatic carbocycles. The Morgan fingerprint density at radius 3 is 2.29 bits per heavy atom. The number of rotatable bonds is 5. The van der Waals surface area contributed by atoms with Crippen LogP contribution in [0.3, 0.4) is 0 Å². The molecule has 2 atom stereocenters. The molecule has 1 aliphatic rings. The third kappa shape index (κ3) is 4.69. The van der Waals surface area contributed by atoms with Gasteiger partial charge in [-0.1, -0.05) is 0 Å². The van der Waals surface area contributed by atoms with Crippen molar-refractivity contribution in [3.63, 3.8) is 0 Å². The molecule has 1 fully saturated rings. The number of likely N-dealkylation sites (tertiary alicyclic amines) is 1. The van der Waals surface area contributed by atoms with Crippen molar-refractivity contribution < 1.29 is 21.6 Å². The molecule has 0 spiro atoms. The first-order valence-corrected chi connectivity index (χ1v) is 9.00. The minimum Gasteiger partial charge on any atom is -0.309 e. The van der Waals surface area contributed by atoms with Gasteiger partial charge in [0.25, 0.3) is 0 Å². The van der Waals surface area contributed by atoms with Crippen molar-refractivity contribution in [3.05, 3.63) is 29.8 Å². The summed E-state index contributed by atoms with van der Waals surface area (Å²) in [5.41, 5.74) is -0.868. The Morgan fingerprint density at radius 2 is 1.79 bits per heavy atom. The summed E-state index contributed by atoms with van der Waals surface area (Å²) in [4.78, 5) is 3.87. The van der Waals surface area contributed by atoms with Gasteiger partial charge in [0.2, 0.25) is 10.0 Å². The van der Waals surface area contributed by atoms with Crippen LogP contribution >= 0.6 is 0 Å². The Morgan fingerprint density at radius 1 is 1.21 bits per heavy atom. The van der Waals surface area contributed by atoms with Gasteiger partial charge in [0.05, 0.1) is 10.5 Å². The van der Waals surface area contributed by atoms with Crippen LogP contribution in [-0.2, 0) is 16.2 Å². The highest BCUT2D eigenvalue weighted by Gasteiger charge is 2.35. The van der Waals surface area contributed by atoms with Gasteiger partial charge in [-0.3, -0.25) is 0 Å². The van der Waals surface area contributed by atoms with Crippen LogP contribution < -0.4 is 4.72 Å². The molecular formula is C15H22F3N3O2S. The number of sulfonamides is 1. The standard InChI is InChI=1S/C15H22F3N3O2S/c1-20(2)8-11-9-21(3)10-14(11)19-24(22,23)13-6-4-12(5-7-13)15(16,17)18/h4-7,11,14,19H,8-10H2,1-3H3/t11-,14-/m1/s1. The molecule has 1 heterocycles. The van der Waals surface area contributed by atoms with Gasteiger partial charge in [-0.2, -0.15) is 13.2 Å². The minimum absolute atomic E-state index is 0.120. The van der Waals surface area contributed by atoms with Crippen molar-refractivity contribution in [1.82, 2.24) is 14.5 Å². The van der Waals surface area contributed by atoms with Crippen LogP contribution in [-0.4, -0.2) is 65.0 Å². The number of likely N-dealkylation sites (N-methyl/N-ethyl adjacent to an activating group) is 1. The summed E-state index contributed by atoms with van der Waals surface area (Å²) in [6.45, 7) is 2.06. The van der Waals surface area contributed by atoms with Crippen molar-refractivity contribution in [2.24, 2.45) is 5.92 Å². The van der Waals surface area contributed by atoms with E-state index in [2.05, 4.69) is 4.72 Å². The molecular weight excluding hydrogens is 343 g/mol. The summed E-state index contributed by atoms with van der Waals surface area (Å²) in [6.07, 6.45) is -4.49. The highest BCUT2D eigenvalue weighted by Crippen LogP contribution is 2.30. The number of benzene rings is 1. The lowest BCUT2D eigenvalue weighted by Gasteiger charge is -2.23. The zero-order valence-electron chi connectivity index (χ0n) is 13.8. The Balaban J connectivity index is 2.15. The summed E-state index contributed by atoms with van der Waals surface area (Å²) in [6, 6.07) is 3.28. The van der Waals surface area contributed by atoms with E-state index in [9.17, 15) is 21.6 Å². The van der Waals surface area contributed by atoms with Gasteiger partial charge in [-0.25, -0.2) is 13.1 Å². The molecule has 1 aliphatic heterocycles. The van der Waals surface area contributed by atoms with E-state index in [1.807, 2.05) is 30.9 Å². The lowest BCUT2D eigenvalue weighted by molar-refractivity contribution is -0.137. The normalized spacial score (nSPS) is 23.1. The topological polar surface area (TPSA) is 52.6 Å². The third-order valence-electron chi connectivity index (χ3n) is 4.02. The second-order valence-electron chi connectivity index (χ2n) is 6.49. The van der Waals surface area contributed by atoms with E-state index < -0.39 is 21.8 Å². The molecule has 0 saturated carbocycles. The van der Waals surface area contributed by atoms with E-state index in [0.29, 0.717) is 6.54 Å². The maximum Gasteiger partial charge on any atom is 0.416 e. The second kappa shape index (κ2) is 6.99. The Kier molecular flexibility index (Phi) is 5.58. The Hall–Kier alpha value is -1.16. The van der Waals surface area contributed by atoms with Gasteiger partial charge in [0, 0.05) is 31.6 Å². The van der Waals surface area contributed by atoms with E-state index in [0.717, 1.165) is 37.4 Å². The first-order chi connectivity index (χ1) is 11.0. The van der Waals surface area contributed by atoms with Crippen LogP contribution in [0.25, 0.3) is 0 Å². The minimum atomic E-state index is -4.49. The quantitative estimate of drug-likeness (QED) is 0.859. The van der Waals surface area contributed by atoms with Crippen LogP contribution in [0.15, 0.2) is 29.2 Å². The summed E-state index contributed by atoms with van der Waals surface area (Å²) < 4.78 is 65.3. The molecule has 9 heteroatoms. The van der Waals surface area contributed by atoms with Crippen LogP contribution in [0.2, 0.25) is 0 Å². The molecule has 5 nitrogen and oxygen atoms in total. The van der Waals surface area contributed by atoms with Gasteiger partial charge in [0.15, 0.2) is 0 Å². The predicted molar refractivity (Wildman–Crippen MR) is 85.1 cm³/mol. The number of hydrogen-bond donors (Lipinski definition) is 1. The maximum absolute atomic E-state index is 12.6. The fourth-order valence-corrected chi connectivity index (χ4v) is 4.26. The number of alkyl halides is 3. The number of nitrogens with one attached hydrogen (secondary N) is 1. The zero-order valence-corrected chi connectivity index (χ0v) is 14.7. The SMILES string of the molecule is CN(C)C[C@@H]1CN(C)C[C@H]1NS(=O)(=O)c1ccc(C(F)(F)F)cc1. The van der Waals surface area contributed by atoms with E-state index in [1.54, 1.807) is 0 Å². The Labute approximate surface area is 140 Å².